The van der Waals surface area contributed by atoms with Crippen molar-refractivity contribution in [3.05, 3.63) is 58.1 Å². The molecule has 0 aliphatic heterocycles. The molecule has 2 rings (SSSR count). The molecule has 24 heavy (non-hydrogen) atoms. The average molecular weight is 415 g/mol. The van der Waals surface area contributed by atoms with Gasteiger partial charge >= 0.3 is 0 Å². The largest absolute Gasteiger partial charge is 0.490 e. The zero-order valence-electron chi connectivity index (χ0n) is 14.2. The zero-order chi connectivity index (χ0) is 16.5. The van der Waals surface area contributed by atoms with Crippen molar-refractivity contribution in [3.63, 3.8) is 0 Å². The highest BCUT2D eigenvalue weighted by Crippen LogP contribution is 2.36. The minimum absolute atomic E-state index is 0. The summed E-state index contributed by atoms with van der Waals surface area (Å²) in [5, 5.41) is 3.48. The van der Waals surface area contributed by atoms with Gasteiger partial charge in [-0.15, -0.1) is 12.4 Å². The van der Waals surface area contributed by atoms with Crippen molar-refractivity contribution in [2.24, 2.45) is 0 Å². The summed E-state index contributed by atoms with van der Waals surface area (Å²) in [6.07, 6.45) is 1.03. The molecule has 0 radical (unpaired) electrons. The molecular weight excluding hydrogens is 390 g/mol. The number of hydrogen-bond donors (Lipinski definition) is 1. The van der Waals surface area contributed by atoms with Crippen LogP contribution in [0.15, 0.2) is 46.9 Å². The molecular formula is C19H25BrClNO2. The van der Waals surface area contributed by atoms with E-state index < -0.39 is 0 Å². The van der Waals surface area contributed by atoms with Gasteiger partial charge in [0.15, 0.2) is 11.5 Å². The maximum Gasteiger partial charge on any atom is 0.175 e. The first-order valence-electron chi connectivity index (χ1n) is 8.07. The molecule has 0 atom stereocenters. The normalized spacial score (nSPS) is 10.1. The lowest BCUT2D eigenvalue weighted by Gasteiger charge is -2.15. The summed E-state index contributed by atoms with van der Waals surface area (Å²) in [7, 11) is 0. The molecule has 0 fully saturated rings. The predicted molar refractivity (Wildman–Crippen MR) is 106 cm³/mol. The van der Waals surface area contributed by atoms with Gasteiger partial charge in [0.1, 0.15) is 0 Å². The number of benzene rings is 2. The lowest BCUT2D eigenvalue weighted by atomic mass is 10.1. The quantitative estimate of drug-likeness (QED) is 0.586. The maximum absolute atomic E-state index is 5.70. The van der Waals surface area contributed by atoms with Crippen molar-refractivity contribution < 1.29 is 9.47 Å². The number of hydrogen-bond acceptors (Lipinski definition) is 3. The summed E-state index contributed by atoms with van der Waals surface area (Å²) >= 11 is 3.58. The minimum Gasteiger partial charge on any atom is -0.490 e. The average Bonchev–Trinajstić information content (AvgIpc) is 2.56. The molecule has 0 saturated carbocycles. The predicted octanol–water partition coefficient (Wildman–Crippen LogP) is 5.00. The van der Waals surface area contributed by atoms with Gasteiger partial charge in [0.2, 0.25) is 0 Å². The highest BCUT2D eigenvalue weighted by Gasteiger charge is 2.11. The Kier molecular flexibility index (Phi) is 9.84. The molecule has 0 heterocycles. The van der Waals surface area contributed by atoms with Crippen molar-refractivity contribution in [1.82, 2.24) is 5.32 Å². The lowest BCUT2D eigenvalue weighted by Crippen LogP contribution is -2.16. The summed E-state index contributed by atoms with van der Waals surface area (Å²) in [6.45, 7) is 6.94. The number of rotatable bonds is 9. The van der Waals surface area contributed by atoms with E-state index in [1.165, 1.54) is 11.1 Å². The van der Waals surface area contributed by atoms with Crippen LogP contribution in [0.25, 0.3) is 0 Å². The van der Waals surface area contributed by atoms with Gasteiger partial charge in [0, 0.05) is 6.54 Å². The number of ether oxygens (including phenoxy) is 2. The van der Waals surface area contributed by atoms with E-state index in [0.717, 1.165) is 35.5 Å². The molecule has 1 N–H and O–H groups in total. The Morgan fingerprint density at radius 1 is 0.958 bits per heavy atom. The number of halogens is 2. The van der Waals surface area contributed by atoms with Gasteiger partial charge < -0.3 is 14.8 Å². The molecule has 0 spiro atoms. The Morgan fingerprint density at radius 3 is 2.33 bits per heavy atom. The van der Waals surface area contributed by atoms with E-state index in [0.29, 0.717) is 13.2 Å². The summed E-state index contributed by atoms with van der Waals surface area (Å²) in [5.41, 5.74) is 2.53. The van der Waals surface area contributed by atoms with E-state index >= 15 is 0 Å². The van der Waals surface area contributed by atoms with E-state index in [1.54, 1.807) is 0 Å². The Bertz CT molecular complexity index is 608. The van der Waals surface area contributed by atoms with E-state index in [-0.39, 0.29) is 12.4 Å². The van der Waals surface area contributed by atoms with Gasteiger partial charge in [-0.2, -0.15) is 0 Å². The van der Waals surface area contributed by atoms with Crippen molar-refractivity contribution in [2.45, 2.75) is 26.8 Å². The molecule has 0 aliphatic carbocycles. The van der Waals surface area contributed by atoms with Gasteiger partial charge in [-0.25, -0.2) is 0 Å². The first-order chi connectivity index (χ1) is 11.2. The van der Waals surface area contributed by atoms with Gasteiger partial charge in [0.25, 0.3) is 0 Å². The minimum atomic E-state index is 0. The Morgan fingerprint density at radius 2 is 1.67 bits per heavy atom. The fraction of sp³-hybridized carbons (Fsp3) is 0.368. The van der Waals surface area contributed by atoms with E-state index in [2.05, 4.69) is 57.6 Å². The van der Waals surface area contributed by atoms with E-state index in [1.807, 2.05) is 19.9 Å². The Hall–Kier alpha value is -1.23. The maximum atomic E-state index is 5.70. The van der Waals surface area contributed by atoms with Gasteiger partial charge in [-0.1, -0.05) is 30.3 Å². The molecule has 0 saturated heterocycles. The van der Waals surface area contributed by atoms with Crippen LogP contribution in [0.2, 0.25) is 0 Å². The third kappa shape index (κ3) is 6.34. The highest BCUT2D eigenvalue weighted by molar-refractivity contribution is 9.10. The van der Waals surface area contributed by atoms with Gasteiger partial charge in [0.05, 0.1) is 17.7 Å². The molecule has 2 aromatic carbocycles. The Labute approximate surface area is 159 Å². The zero-order valence-corrected chi connectivity index (χ0v) is 16.6. The standard InChI is InChI=1S/C19H24BrNO2.ClH/c1-3-22-18-13-16(12-17(20)19(18)23-4-2)14-21-11-10-15-8-6-5-7-9-15;/h5-9,12-13,21H,3-4,10-11,14H2,1-2H3;1H. The summed E-state index contributed by atoms with van der Waals surface area (Å²) in [5.74, 6) is 1.57. The van der Waals surface area contributed by atoms with Crippen molar-refractivity contribution in [3.8, 4) is 11.5 Å². The molecule has 0 bridgehead atoms. The monoisotopic (exact) mass is 413 g/mol. The lowest BCUT2D eigenvalue weighted by molar-refractivity contribution is 0.286. The topological polar surface area (TPSA) is 30.5 Å². The number of nitrogens with one attached hydrogen (secondary N) is 1. The van der Waals surface area contributed by atoms with Crippen LogP contribution in [0.3, 0.4) is 0 Å². The van der Waals surface area contributed by atoms with Crippen LogP contribution in [-0.4, -0.2) is 19.8 Å². The van der Waals surface area contributed by atoms with Crippen LogP contribution in [0.4, 0.5) is 0 Å². The van der Waals surface area contributed by atoms with Crippen molar-refractivity contribution in [2.75, 3.05) is 19.8 Å². The van der Waals surface area contributed by atoms with Crippen LogP contribution < -0.4 is 14.8 Å². The second-order valence-electron chi connectivity index (χ2n) is 5.18. The molecule has 3 nitrogen and oxygen atoms in total. The molecule has 5 heteroatoms. The third-order valence-corrected chi connectivity index (χ3v) is 4.01. The molecule has 2 aromatic rings. The smallest absolute Gasteiger partial charge is 0.175 e. The molecule has 0 amide bonds. The third-order valence-electron chi connectivity index (χ3n) is 3.42. The van der Waals surface area contributed by atoms with Crippen LogP contribution >= 0.6 is 28.3 Å². The molecule has 132 valence electrons. The highest BCUT2D eigenvalue weighted by atomic mass is 79.9. The van der Waals surface area contributed by atoms with Gasteiger partial charge in [-0.05, 0) is 66.0 Å². The summed E-state index contributed by atoms with van der Waals surface area (Å²) in [4.78, 5) is 0. The molecule has 0 unspecified atom stereocenters. The van der Waals surface area contributed by atoms with Crippen LogP contribution in [-0.2, 0) is 13.0 Å². The summed E-state index contributed by atoms with van der Waals surface area (Å²) < 4.78 is 12.3. The fourth-order valence-electron chi connectivity index (χ4n) is 2.38. The SMILES string of the molecule is CCOc1cc(CNCCc2ccccc2)cc(Br)c1OCC.Cl. The molecule has 0 aromatic heterocycles. The first kappa shape index (κ1) is 20.8. The second-order valence-corrected chi connectivity index (χ2v) is 6.04. The van der Waals surface area contributed by atoms with Crippen molar-refractivity contribution in [1.29, 1.82) is 0 Å². The van der Waals surface area contributed by atoms with E-state index in [9.17, 15) is 0 Å². The summed E-state index contributed by atoms with van der Waals surface area (Å²) in [6, 6.07) is 14.6. The van der Waals surface area contributed by atoms with E-state index in [4.69, 9.17) is 9.47 Å². The second kappa shape index (κ2) is 11.3. The Balaban J connectivity index is 0.00000288. The molecule has 0 aliphatic rings. The van der Waals surface area contributed by atoms with Crippen LogP contribution in [0, 0.1) is 0 Å². The van der Waals surface area contributed by atoms with Crippen molar-refractivity contribution >= 4 is 28.3 Å². The van der Waals surface area contributed by atoms with Crippen LogP contribution in [0.1, 0.15) is 25.0 Å². The fourth-order valence-corrected chi connectivity index (χ4v) is 2.98. The van der Waals surface area contributed by atoms with Gasteiger partial charge in [-0.3, -0.25) is 0 Å². The first-order valence-corrected chi connectivity index (χ1v) is 8.86. The van der Waals surface area contributed by atoms with Crippen LogP contribution in [0.5, 0.6) is 11.5 Å².